The van der Waals surface area contributed by atoms with Crippen molar-refractivity contribution in [3.05, 3.63) is 24.5 Å². The molecule has 0 radical (unpaired) electrons. The summed E-state index contributed by atoms with van der Waals surface area (Å²) in [6.45, 7) is 2.26. The highest BCUT2D eigenvalue weighted by Gasteiger charge is 2.16. The van der Waals surface area contributed by atoms with Gasteiger partial charge in [-0.1, -0.05) is 0 Å². The lowest BCUT2D eigenvalue weighted by molar-refractivity contribution is 0.415. The third-order valence-corrected chi connectivity index (χ3v) is 3.46. The molecule has 0 unspecified atom stereocenters. The number of anilines is 1. The van der Waals surface area contributed by atoms with Crippen LogP contribution in [0.25, 0.3) is 11.0 Å². The molecule has 0 spiro atoms. The summed E-state index contributed by atoms with van der Waals surface area (Å²) >= 11 is 0. The lowest BCUT2D eigenvalue weighted by Gasteiger charge is -2.27. The van der Waals surface area contributed by atoms with Crippen molar-refractivity contribution < 1.29 is 9.15 Å². The number of furan rings is 1. The van der Waals surface area contributed by atoms with E-state index in [2.05, 4.69) is 11.0 Å². The predicted molar refractivity (Wildman–Crippen MR) is 68.8 cm³/mol. The first kappa shape index (κ1) is 10.5. The van der Waals surface area contributed by atoms with Crippen LogP contribution < -0.4 is 9.64 Å². The normalized spacial score (nSPS) is 16.4. The van der Waals surface area contributed by atoms with Gasteiger partial charge in [0.05, 0.1) is 12.8 Å². The van der Waals surface area contributed by atoms with Gasteiger partial charge in [0.2, 0.25) is 0 Å². The summed E-state index contributed by atoms with van der Waals surface area (Å²) in [5, 5.41) is 1.16. The molecule has 17 heavy (non-hydrogen) atoms. The third kappa shape index (κ3) is 1.86. The number of benzene rings is 1. The molecule has 3 nitrogen and oxygen atoms in total. The van der Waals surface area contributed by atoms with Gasteiger partial charge in [-0.25, -0.2) is 0 Å². The third-order valence-electron chi connectivity index (χ3n) is 3.46. The number of fused-ring (bicyclic) bond motifs is 1. The van der Waals surface area contributed by atoms with Crippen molar-refractivity contribution in [1.29, 1.82) is 0 Å². The SMILES string of the molecule is COc1ccc2occ(N3CCCCC3)c2c1. The minimum atomic E-state index is 0.886. The van der Waals surface area contributed by atoms with Crippen molar-refractivity contribution in [2.75, 3.05) is 25.1 Å². The molecular weight excluding hydrogens is 214 g/mol. The molecule has 1 aromatic carbocycles. The zero-order chi connectivity index (χ0) is 11.7. The topological polar surface area (TPSA) is 25.6 Å². The number of piperidine rings is 1. The largest absolute Gasteiger partial charge is 0.497 e. The molecule has 2 heterocycles. The lowest BCUT2D eigenvalue weighted by atomic mass is 10.1. The minimum Gasteiger partial charge on any atom is -0.497 e. The zero-order valence-corrected chi connectivity index (χ0v) is 10.1. The maximum atomic E-state index is 5.60. The fourth-order valence-corrected chi connectivity index (χ4v) is 2.50. The molecule has 0 N–H and O–H groups in total. The van der Waals surface area contributed by atoms with Crippen LogP contribution in [0.4, 0.5) is 5.69 Å². The Morgan fingerprint density at radius 3 is 2.76 bits per heavy atom. The van der Waals surface area contributed by atoms with Gasteiger partial charge in [-0.15, -0.1) is 0 Å². The number of methoxy groups -OCH3 is 1. The van der Waals surface area contributed by atoms with Crippen LogP contribution in [0.15, 0.2) is 28.9 Å². The van der Waals surface area contributed by atoms with E-state index in [9.17, 15) is 0 Å². The Morgan fingerprint density at radius 1 is 1.18 bits per heavy atom. The van der Waals surface area contributed by atoms with Gasteiger partial charge in [0.15, 0.2) is 0 Å². The molecule has 0 atom stereocenters. The van der Waals surface area contributed by atoms with Crippen LogP contribution in [0.3, 0.4) is 0 Å². The number of ether oxygens (including phenoxy) is 1. The first-order valence-corrected chi connectivity index (χ1v) is 6.18. The molecule has 1 aliphatic rings. The van der Waals surface area contributed by atoms with Crippen molar-refractivity contribution >= 4 is 16.7 Å². The van der Waals surface area contributed by atoms with Crippen molar-refractivity contribution in [3.63, 3.8) is 0 Å². The summed E-state index contributed by atoms with van der Waals surface area (Å²) in [7, 11) is 1.70. The summed E-state index contributed by atoms with van der Waals surface area (Å²) in [5.74, 6) is 0.886. The number of hydrogen-bond donors (Lipinski definition) is 0. The average molecular weight is 231 g/mol. The van der Waals surface area contributed by atoms with Crippen LogP contribution in [0.1, 0.15) is 19.3 Å². The first-order valence-electron chi connectivity index (χ1n) is 6.18. The van der Waals surface area contributed by atoms with Crippen LogP contribution in [0.2, 0.25) is 0 Å². The number of rotatable bonds is 2. The van der Waals surface area contributed by atoms with Gasteiger partial charge >= 0.3 is 0 Å². The van der Waals surface area contributed by atoms with Crippen molar-refractivity contribution in [2.24, 2.45) is 0 Å². The van der Waals surface area contributed by atoms with Gasteiger partial charge in [-0.3, -0.25) is 0 Å². The van der Waals surface area contributed by atoms with E-state index >= 15 is 0 Å². The van der Waals surface area contributed by atoms with E-state index < -0.39 is 0 Å². The molecule has 1 fully saturated rings. The Bertz CT molecular complexity index is 512. The molecule has 0 aliphatic carbocycles. The summed E-state index contributed by atoms with van der Waals surface area (Å²) < 4.78 is 10.9. The van der Waals surface area contributed by atoms with Gasteiger partial charge < -0.3 is 14.1 Å². The Hall–Kier alpha value is -1.64. The fraction of sp³-hybridized carbons (Fsp3) is 0.429. The van der Waals surface area contributed by atoms with Gasteiger partial charge in [0.1, 0.15) is 17.6 Å². The highest BCUT2D eigenvalue weighted by atomic mass is 16.5. The Labute approximate surface area is 101 Å². The maximum absolute atomic E-state index is 5.60. The van der Waals surface area contributed by atoms with E-state index in [-0.39, 0.29) is 0 Å². The van der Waals surface area contributed by atoms with Crippen molar-refractivity contribution in [1.82, 2.24) is 0 Å². The zero-order valence-electron chi connectivity index (χ0n) is 10.1. The van der Waals surface area contributed by atoms with Crippen LogP contribution in [0, 0.1) is 0 Å². The van der Waals surface area contributed by atoms with Crippen LogP contribution in [0.5, 0.6) is 5.75 Å². The summed E-state index contributed by atoms with van der Waals surface area (Å²) in [6, 6.07) is 5.97. The Morgan fingerprint density at radius 2 is 2.00 bits per heavy atom. The number of hydrogen-bond acceptors (Lipinski definition) is 3. The van der Waals surface area contributed by atoms with Crippen LogP contribution in [-0.2, 0) is 0 Å². The smallest absolute Gasteiger partial charge is 0.136 e. The average Bonchev–Trinajstić information content (AvgIpc) is 2.82. The van der Waals surface area contributed by atoms with E-state index in [1.807, 2.05) is 18.4 Å². The van der Waals surface area contributed by atoms with Gasteiger partial charge in [-0.05, 0) is 37.5 Å². The molecule has 1 saturated heterocycles. The highest BCUT2D eigenvalue weighted by molar-refractivity contribution is 5.92. The maximum Gasteiger partial charge on any atom is 0.136 e. The van der Waals surface area contributed by atoms with Crippen LogP contribution in [-0.4, -0.2) is 20.2 Å². The molecular formula is C14H17NO2. The summed E-state index contributed by atoms with van der Waals surface area (Å²) in [4.78, 5) is 2.41. The Kier molecular flexibility index (Phi) is 2.67. The molecule has 0 amide bonds. The molecule has 3 rings (SSSR count). The van der Waals surface area contributed by atoms with E-state index in [4.69, 9.17) is 9.15 Å². The van der Waals surface area contributed by atoms with E-state index in [1.54, 1.807) is 7.11 Å². The standard InChI is InChI=1S/C14H17NO2/c1-16-11-5-6-14-12(9-11)13(10-17-14)15-7-3-2-4-8-15/h5-6,9-10H,2-4,7-8H2,1H3. The minimum absolute atomic E-state index is 0.886. The molecule has 1 aliphatic heterocycles. The fourth-order valence-electron chi connectivity index (χ4n) is 2.50. The van der Waals surface area contributed by atoms with Crippen molar-refractivity contribution in [2.45, 2.75) is 19.3 Å². The monoisotopic (exact) mass is 231 g/mol. The predicted octanol–water partition coefficient (Wildman–Crippen LogP) is 3.43. The van der Waals surface area contributed by atoms with Crippen LogP contribution >= 0.6 is 0 Å². The van der Waals surface area contributed by atoms with Gasteiger partial charge in [-0.2, -0.15) is 0 Å². The van der Waals surface area contributed by atoms with Gasteiger partial charge in [0.25, 0.3) is 0 Å². The van der Waals surface area contributed by atoms with Crippen molar-refractivity contribution in [3.8, 4) is 5.75 Å². The second-order valence-electron chi connectivity index (χ2n) is 4.53. The van der Waals surface area contributed by atoms with Gasteiger partial charge in [0, 0.05) is 18.5 Å². The summed E-state index contributed by atoms with van der Waals surface area (Å²) in [5.41, 5.74) is 2.14. The second-order valence-corrected chi connectivity index (χ2v) is 4.53. The van der Waals surface area contributed by atoms with E-state index in [0.29, 0.717) is 0 Å². The molecule has 90 valence electrons. The molecule has 1 aromatic heterocycles. The Balaban J connectivity index is 2.02. The van der Waals surface area contributed by atoms with E-state index in [1.165, 1.54) is 24.9 Å². The molecule has 3 heteroatoms. The molecule has 0 bridgehead atoms. The molecule has 0 saturated carbocycles. The van der Waals surface area contributed by atoms with E-state index in [0.717, 1.165) is 29.8 Å². The first-order chi connectivity index (χ1) is 8.38. The number of nitrogens with zero attached hydrogens (tertiary/aromatic N) is 1. The second kappa shape index (κ2) is 4.32. The lowest BCUT2D eigenvalue weighted by Crippen LogP contribution is -2.29. The quantitative estimate of drug-likeness (QED) is 0.791. The highest BCUT2D eigenvalue weighted by Crippen LogP contribution is 2.33. The summed E-state index contributed by atoms with van der Waals surface area (Å²) in [6.07, 6.45) is 5.76. The molecule has 2 aromatic rings.